The van der Waals surface area contributed by atoms with Crippen molar-refractivity contribution in [3.8, 4) is 0 Å². The fourth-order valence-electron chi connectivity index (χ4n) is 1.64. The first-order valence-corrected chi connectivity index (χ1v) is 5.01. The third-order valence-corrected chi connectivity index (χ3v) is 2.53. The Kier molecular flexibility index (Phi) is 2.84. The molecule has 0 aromatic carbocycles. The molecule has 1 aromatic rings. The van der Waals surface area contributed by atoms with Gasteiger partial charge >= 0.3 is 0 Å². The molecule has 0 atom stereocenters. The van der Waals surface area contributed by atoms with Crippen LogP contribution in [0, 0.1) is 0 Å². The number of carbonyl (C=O) groups excluding carboxylic acids is 1. The fourth-order valence-corrected chi connectivity index (χ4v) is 1.73. The lowest BCUT2D eigenvalue weighted by molar-refractivity contribution is 0.107. The van der Waals surface area contributed by atoms with Gasteiger partial charge in [-0.2, -0.15) is 0 Å². The molecule has 14 heavy (non-hydrogen) atoms. The Morgan fingerprint density at radius 3 is 2.86 bits per heavy atom. The van der Waals surface area contributed by atoms with Crippen LogP contribution in [0.5, 0.6) is 0 Å². The zero-order valence-electron chi connectivity index (χ0n) is 7.70. The lowest BCUT2D eigenvalue weighted by Gasteiger charge is -2.10. The number of halogens is 1. The second-order valence-corrected chi connectivity index (χ2v) is 3.78. The minimum Gasteiger partial charge on any atom is -0.359 e. The maximum absolute atomic E-state index is 10.7. The first kappa shape index (κ1) is 9.68. The highest BCUT2D eigenvalue weighted by Crippen LogP contribution is 2.13. The number of carbonyl (C=O) groups is 1. The highest BCUT2D eigenvalue weighted by molar-refractivity contribution is 6.67. The molecule has 0 aliphatic carbocycles. The van der Waals surface area contributed by atoms with Gasteiger partial charge < -0.3 is 4.52 Å². The van der Waals surface area contributed by atoms with Gasteiger partial charge in [-0.3, -0.25) is 9.69 Å². The number of rotatable bonds is 3. The van der Waals surface area contributed by atoms with Crippen LogP contribution in [-0.4, -0.2) is 28.4 Å². The van der Waals surface area contributed by atoms with Crippen LogP contribution in [0.3, 0.4) is 0 Å². The van der Waals surface area contributed by atoms with Gasteiger partial charge in [-0.15, -0.1) is 0 Å². The summed E-state index contributed by atoms with van der Waals surface area (Å²) in [5.74, 6) is 0.705. The molecule has 1 fully saturated rings. The average Bonchev–Trinajstić information content (AvgIpc) is 2.75. The maximum atomic E-state index is 10.7. The number of likely N-dealkylation sites (tertiary alicyclic amines) is 1. The normalized spacial score (nSPS) is 17.5. The molecular weight excluding hydrogens is 204 g/mol. The topological polar surface area (TPSA) is 46.3 Å². The van der Waals surface area contributed by atoms with Crippen LogP contribution in [0.2, 0.25) is 0 Å². The zero-order valence-corrected chi connectivity index (χ0v) is 8.46. The van der Waals surface area contributed by atoms with Crippen molar-refractivity contribution in [3.05, 3.63) is 17.5 Å². The number of hydrogen-bond acceptors (Lipinski definition) is 4. The van der Waals surface area contributed by atoms with Gasteiger partial charge in [-0.25, -0.2) is 0 Å². The smallest absolute Gasteiger partial charge is 0.274 e. The van der Waals surface area contributed by atoms with Gasteiger partial charge in [-0.05, 0) is 37.5 Å². The van der Waals surface area contributed by atoms with E-state index in [2.05, 4.69) is 10.1 Å². The fraction of sp³-hybridized carbons (Fsp3) is 0.556. The molecule has 0 saturated carbocycles. The molecule has 1 aromatic heterocycles. The predicted octanol–water partition coefficient (Wildman–Crippen LogP) is 1.65. The quantitative estimate of drug-likeness (QED) is 0.718. The van der Waals surface area contributed by atoms with Crippen LogP contribution in [0.1, 0.15) is 29.1 Å². The molecule has 1 saturated heterocycles. The number of nitrogens with zero attached hydrogens (tertiary/aromatic N) is 2. The molecule has 0 radical (unpaired) electrons. The Bertz CT molecular complexity index is 331. The lowest BCUT2D eigenvalue weighted by atomic mass is 10.3. The molecular formula is C9H11ClN2O2. The van der Waals surface area contributed by atoms with Crippen molar-refractivity contribution in [1.82, 2.24) is 10.1 Å². The SMILES string of the molecule is O=C(Cl)c1cc(CN2CCCC2)on1. The van der Waals surface area contributed by atoms with Gasteiger partial charge in [0.25, 0.3) is 5.24 Å². The summed E-state index contributed by atoms with van der Waals surface area (Å²) in [5, 5.41) is 3.01. The molecule has 0 spiro atoms. The monoisotopic (exact) mass is 214 g/mol. The van der Waals surface area contributed by atoms with Crippen LogP contribution in [0.25, 0.3) is 0 Å². The van der Waals surface area contributed by atoms with E-state index in [0.29, 0.717) is 5.76 Å². The Balaban J connectivity index is 1.98. The Morgan fingerprint density at radius 1 is 1.57 bits per heavy atom. The van der Waals surface area contributed by atoms with E-state index in [1.54, 1.807) is 6.07 Å². The predicted molar refractivity (Wildman–Crippen MR) is 51.2 cm³/mol. The minimum atomic E-state index is -0.568. The van der Waals surface area contributed by atoms with Gasteiger partial charge in [0.2, 0.25) is 0 Å². The highest BCUT2D eigenvalue weighted by atomic mass is 35.5. The lowest BCUT2D eigenvalue weighted by Crippen LogP contribution is -2.17. The van der Waals surface area contributed by atoms with Crippen LogP contribution in [0.4, 0.5) is 0 Å². The van der Waals surface area contributed by atoms with E-state index < -0.39 is 5.24 Å². The molecule has 0 bridgehead atoms. The molecule has 2 heterocycles. The Hall–Kier alpha value is -0.870. The van der Waals surface area contributed by atoms with Gasteiger partial charge in [-0.1, -0.05) is 5.16 Å². The molecule has 0 unspecified atom stereocenters. The van der Waals surface area contributed by atoms with Gasteiger partial charge in [0.05, 0.1) is 6.54 Å². The first-order valence-electron chi connectivity index (χ1n) is 4.63. The molecule has 0 N–H and O–H groups in total. The zero-order chi connectivity index (χ0) is 9.97. The summed E-state index contributed by atoms with van der Waals surface area (Å²) in [4.78, 5) is 13.0. The standard InChI is InChI=1S/C9H11ClN2O2/c10-9(13)8-5-7(14-11-8)6-12-3-1-2-4-12/h5H,1-4,6H2. The third-order valence-electron chi connectivity index (χ3n) is 2.34. The van der Waals surface area contributed by atoms with Gasteiger partial charge in [0.15, 0.2) is 11.5 Å². The average molecular weight is 215 g/mol. The molecule has 76 valence electrons. The Morgan fingerprint density at radius 2 is 2.29 bits per heavy atom. The molecule has 0 amide bonds. The highest BCUT2D eigenvalue weighted by Gasteiger charge is 2.15. The molecule has 1 aliphatic heterocycles. The van der Waals surface area contributed by atoms with Crippen molar-refractivity contribution in [2.45, 2.75) is 19.4 Å². The summed E-state index contributed by atoms with van der Waals surface area (Å²) < 4.78 is 4.99. The van der Waals surface area contributed by atoms with Gasteiger partial charge in [0, 0.05) is 6.07 Å². The number of hydrogen-bond donors (Lipinski definition) is 0. The largest absolute Gasteiger partial charge is 0.359 e. The summed E-state index contributed by atoms with van der Waals surface area (Å²) in [5.41, 5.74) is 0.195. The van der Waals surface area contributed by atoms with E-state index in [1.165, 1.54) is 12.8 Å². The third kappa shape index (κ3) is 2.13. The van der Waals surface area contributed by atoms with E-state index in [4.69, 9.17) is 16.1 Å². The van der Waals surface area contributed by atoms with E-state index in [9.17, 15) is 4.79 Å². The van der Waals surface area contributed by atoms with Crippen LogP contribution < -0.4 is 0 Å². The van der Waals surface area contributed by atoms with Crippen molar-refractivity contribution in [3.63, 3.8) is 0 Å². The van der Waals surface area contributed by atoms with E-state index >= 15 is 0 Å². The maximum Gasteiger partial charge on any atom is 0.274 e. The van der Waals surface area contributed by atoms with E-state index in [-0.39, 0.29) is 5.69 Å². The summed E-state index contributed by atoms with van der Waals surface area (Å²) in [6, 6.07) is 1.60. The van der Waals surface area contributed by atoms with Crippen LogP contribution >= 0.6 is 11.6 Å². The van der Waals surface area contributed by atoms with Crippen LogP contribution in [-0.2, 0) is 6.54 Å². The van der Waals surface area contributed by atoms with Crippen molar-refractivity contribution < 1.29 is 9.32 Å². The Labute approximate surface area is 86.8 Å². The van der Waals surface area contributed by atoms with Crippen molar-refractivity contribution in [2.75, 3.05) is 13.1 Å². The molecule has 5 heteroatoms. The number of aromatic nitrogens is 1. The van der Waals surface area contributed by atoms with E-state index in [0.717, 1.165) is 19.6 Å². The van der Waals surface area contributed by atoms with E-state index in [1.807, 2.05) is 0 Å². The summed E-state index contributed by atoms with van der Waals surface area (Å²) in [6.45, 7) is 2.90. The van der Waals surface area contributed by atoms with Crippen molar-refractivity contribution in [1.29, 1.82) is 0 Å². The molecule has 2 rings (SSSR count). The van der Waals surface area contributed by atoms with Gasteiger partial charge in [0.1, 0.15) is 0 Å². The first-order chi connectivity index (χ1) is 6.75. The minimum absolute atomic E-state index is 0.195. The molecule has 1 aliphatic rings. The second kappa shape index (κ2) is 4.11. The van der Waals surface area contributed by atoms with Crippen molar-refractivity contribution in [2.24, 2.45) is 0 Å². The van der Waals surface area contributed by atoms with Crippen LogP contribution in [0.15, 0.2) is 10.6 Å². The summed E-state index contributed by atoms with van der Waals surface area (Å²) in [7, 11) is 0. The van der Waals surface area contributed by atoms with Crippen molar-refractivity contribution >= 4 is 16.8 Å². The molecule has 4 nitrogen and oxygen atoms in total. The summed E-state index contributed by atoms with van der Waals surface area (Å²) in [6.07, 6.45) is 2.46. The second-order valence-electron chi connectivity index (χ2n) is 3.44. The summed E-state index contributed by atoms with van der Waals surface area (Å²) >= 11 is 5.26.